The van der Waals surface area contributed by atoms with Crippen molar-refractivity contribution in [2.75, 3.05) is 11.9 Å². The van der Waals surface area contributed by atoms with Crippen molar-refractivity contribution in [3.05, 3.63) is 29.3 Å². The Labute approximate surface area is 123 Å². The van der Waals surface area contributed by atoms with Crippen LogP contribution < -0.4 is 5.32 Å². The molecule has 0 saturated heterocycles. The molecule has 0 spiro atoms. The van der Waals surface area contributed by atoms with Crippen molar-refractivity contribution in [1.29, 1.82) is 0 Å². The Kier molecular flexibility index (Phi) is 2.71. The molecule has 1 aromatic rings. The minimum Gasteiger partial charge on any atom is -0.384 e. The number of benzene rings is 1. The van der Waals surface area contributed by atoms with E-state index in [1.54, 1.807) is 5.56 Å². The van der Waals surface area contributed by atoms with Crippen molar-refractivity contribution in [2.45, 2.75) is 57.8 Å². The number of hydrogen-bond donors (Lipinski definition) is 1. The van der Waals surface area contributed by atoms with Gasteiger partial charge in [-0.3, -0.25) is 0 Å². The van der Waals surface area contributed by atoms with Gasteiger partial charge in [0.1, 0.15) is 0 Å². The van der Waals surface area contributed by atoms with Crippen molar-refractivity contribution in [3.8, 4) is 0 Å². The number of rotatable bonds is 1. The summed E-state index contributed by atoms with van der Waals surface area (Å²) in [6.45, 7) is 8.15. The molecule has 3 aliphatic rings. The average molecular weight is 269 g/mol. The molecule has 0 radical (unpaired) electrons. The molecule has 1 heteroatoms. The van der Waals surface area contributed by atoms with Gasteiger partial charge in [0.05, 0.1) is 0 Å². The molecule has 2 aliphatic carbocycles. The first kappa shape index (κ1) is 12.7. The van der Waals surface area contributed by atoms with Crippen LogP contribution in [-0.2, 0) is 5.41 Å². The van der Waals surface area contributed by atoms with Gasteiger partial charge in [0, 0.05) is 18.2 Å². The lowest BCUT2D eigenvalue weighted by atomic mass is 9.76. The molecule has 1 nitrogen and oxygen atoms in total. The zero-order valence-corrected chi connectivity index (χ0v) is 13.1. The molecule has 4 unspecified atom stereocenters. The third kappa shape index (κ3) is 1.89. The van der Waals surface area contributed by atoms with E-state index < -0.39 is 0 Å². The van der Waals surface area contributed by atoms with Crippen LogP contribution in [0.3, 0.4) is 0 Å². The highest BCUT2D eigenvalue weighted by Crippen LogP contribution is 2.55. The molecular weight excluding hydrogens is 242 g/mol. The number of fused-ring (bicyclic) bond motifs is 3. The fourth-order valence-electron chi connectivity index (χ4n) is 5.00. The van der Waals surface area contributed by atoms with Gasteiger partial charge in [-0.05, 0) is 59.6 Å². The minimum atomic E-state index is 0.261. The summed E-state index contributed by atoms with van der Waals surface area (Å²) in [7, 11) is 0. The van der Waals surface area contributed by atoms with Crippen molar-refractivity contribution >= 4 is 5.69 Å². The summed E-state index contributed by atoms with van der Waals surface area (Å²) in [4.78, 5) is 0. The fourth-order valence-corrected chi connectivity index (χ4v) is 5.00. The second kappa shape index (κ2) is 4.26. The Morgan fingerprint density at radius 2 is 1.95 bits per heavy atom. The van der Waals surface area contributed by atoms with Crippen LogP contribution >= 0.6 is 0 Å². The Hall–Kier alpha value is -0.980. The molecule has 4 rings (SSSR count). The van der Waals surface area contributed by atoms with E-state index in [9.17, 15) is 0 Å². The van der Waals surface area contributed by atoms with Gasteiger partial charge in [-0.1, -0.05) is 39.3 Å². The quantitative estimate of drug-likeness (QED) is 0.762. The molecule has 2 bridgehead atoms. The van der Waals surface area contributed by atoms with Crippen LogP contribution in [0.25, 0.3) is 0 Å². The van der Waals surface area contributed by atoms with E-state index in [-0.39, 0.29) is 5.41 Å². The minimum absolute atomic E-state index is 0.261. The Bertz CT molecular complexity index is 525. The summed E-state index contributed by atoms with van der Waals surface area (Å²) in [6.07, 6.45) is 6.03. The standard InChI is InChI=1S/C19H27N/c1-19(2,3)14-6-7-18-16(10-14)17(11-20-18)15-9-12-4-5-13(15)8-12/h6-7,10,12-13,15,17,20H,4-5,8-9,11H2,1-3H3. The Morgan fingerprint density at radius 1 is 1.10 bits per heavy atom. The van der Waals surface area contributed by atoms with Crippen molar-refractivity contribution in [3.63, 3.8) is 0 Å². The van der Waals surface area contributed by atoms with Gasteiger partial charge < -0.3 is 5.32 Å². The number of nitrogens with one attached hydrogen (secondary N) is 1. The topological polar surface area (TPSA) is 12.0 Å². The lowest BCUT2D eigenvalue weighted by Gasteiger charge is -2.28. The predicted molar refractivity (Wildman–Crippen MR) is 85.3 cm³/mol. The van der Waals surface area contributed by atoms with Gasteiger partial charge in [-0.25, -0.2) is 0 Å². The second-order valence-corrected chi connectivity index (χ2v) is 8.38. The molecular formula is C19H27N. The lowest BCUT2D eigenvalue weighted by Crippen LogP contribution is -2.21. The molecule has 0 aromatic heterocycles. The largest absolute Gasteiger partial charge is 0.384 e. The second-order valence-electron chi connectivity index (χ2n) is 8.38. The van der Waals surface area contributed by atoms with Crippen LogP contribution in [0.4, 0.5) is 5.69 Å². The van der Waals surface area contributed by atoms with Crippen molar-refractivity contribution < 1.29 is 0 Å². The first-order valence-electron chi connectivity index (χ1n) is 8.40. The Morgan fingerprint density at radius 3 is 2.60 bits per heavy atom. The first-order chi connectivity index (χ1) is 9.52. The summed E-state index contributed by atoms with van der Waals surface area (Å²) in [5.41, 5.74) is 4.78. The number of anilines is 1. The van der Waals surface area contributed by atoms with Gasteiger partial charge in [0.2, 0.25) is 0 Å². The third-order valence-corrected chi connectivity index (χ3v) is 6.14. The molecule has 1 heterocycles. The van der Waals surface area contributed by atoms with Crippen molar-refractivity contribution in [1.82, 2.24) is 0 Å². The zero-order chi connectivity index (χ0) is 13.9. The van der Waals surface area contributed by atoms with Crippen molar-refractivity contribution in [2.24, 2.45) is 17.8 Å². The van der Waals surface area contributed by atoms with Crippen LogP contribution in [0.15, 0.2) is 18.2 Å². The molecule has 1 aromatic carbocycles. The molecule has 2 fully saturated rings. The summed E-state index contributed by atoms with van der Waals surface area (Å²) < 4.78 is 0. The van der Waals surface area contributed by atoms with E-state index in [1.165, 1.54) is 43.5 Å². The zero-order valence-electron chi connectivity index (χ0n) is 13.1. The molecule has 0 amide bonds. The van der Waals surface area contributed by atoms with Crippen LogP contribution in [0, 0.1) is 17.8 Å². The van der Waals surface area contributed by atoms with Gasteiger partial charge in [0.15, 0.2) is 0 Å². The molecule has 4 atom stereocenters. The van der Waals surface area contributed by atoms with Crippen LogP contribution in [0.1, 0.15) is 63.5 Å². The molecule has 2 saturated carbocycles. The van der Waals surface area contributed by atoms with E-state index in [0.717, 1.165) is 23.7 Å². The van der Waals surface area contributed by atoms with Crippen LogP contribution in [-0.4, -0.2) is 6.54 Å². The molecule has 108 valence electrons. The number of hydrogen-bond acceptors (Lipinski definition) is 1. The SMILES string of the molecule is CC(C)(C)c1ccc2c(c1)C(C1CC3CCC1C3)CN2. The predicted octanol–water partition coefficient (Wildman–Crippen LogP) is 4.93. The third-order valence-electron chi connectivity index (χ3n) is 6.14. The van der Waals surface area contributed by atoms with E-state index in [4.69, 9.17) is 0 Å². The monoisotopic (exact) mass is 269 g/mol. The lowest BCUT2D eigenvalue weighted by molar-refractivity contribution is 0.292. The molecule has 20 heavy (non-hydrogen) atoms. The van der Waals surface area contributed by atoms with E-state index in [1.807, 2.05) is 0 Å². The maximum Gasteiger partial charge on any atom is 0.0376 e. The van der Waals surface area contributed by atoms with Crippen LogP contribution in [0.2, 0.25) is 0 Å². The van der Waals surface area contributed by atoms with E-state index >= 15 is 0 Å². The maximum atomic E-state index is 3.67. The highest BCUT2D eigenvalue weighted by molar-refractivity contribution is 5.60. The van der Waals surface area contributed by atoms with Gasteiger partial charge in [0.25, 0.3) is 0 Å². The highest BCUT2D eigenvalue weighted by atomic mass is 14.9. The smallest absolute Gasteiger partial charge is 0.0376 e. The molecule has 1 N–H and O–H groups in total. The summed E-state index contributed by atoms with van der Waals surface area (Å²) in [6, 6.07) is 7.14. The normalized spacial score (nSPS) is 35.1. The van der Waals surface area contributed by atoms with E-state index in [0.29, 0.717) is 0 Å². The van der Waals surface area contributed by atoms with Gasteiger partial charge in [-0.15, -0.1) is 0 Å². The summed E-state index contributed by atoms with van der Waals surface area (Å²) in [5, 5.41) is 3.67. The summed E-state index contributed by atoms with van der Waals surface area (Å²) in [5.74, 6) is 3.82. The fraction of sp³-hybridized carbons (Fsp3) is 0.684. The van der Waals surface area contributed by atoms with Crippen LogP contribution in [0.5, 0.6) is 0 Å². The molecule has 1 aliphatic heterocycles. The average Bonchev–Trinajstić information content (AvgIpc) is 3.11. The summed E-state index contributed by atoms with van der Waals surface area (Å²) >= 11 is 0. The van der Waals surface area contributed by atoms with Gasteiger partial charge >= 0.3 is 0 Å². The van der Waals surface area contributed by atoms with Gasteiger partial charge in [-0.2, -0.15) is 0 Å². The highest BCUT2D eigenvalue weighted by Gasteiger charge is 2.45. The Balaban J connectivity index is 1.67. The first-order valence-corrected chi connectivity index (χ1v) is 8.40. The van der Waals surface area contributed by atoms with E-state index in [2.05, 4.69) is 44.3 Å². The maximum absolute atomic E-state index is 3.67.